The van der Waals surface area contributed by atoms with Gasteiger partial charge in [0.1, 0.15) is 0 Å². The maximum absolute atomic E-state index is 5.94. The van der Waals surface area contributed by atoms with E-state index >= 15 is 0 Å². The molecule has 0 saturated carbocycles. The van der Waals surface area contributed by atoms with Crippen LogP contribution >= 0.6 is 58.0 Å². The molecule has 5 heteroatoms. The van der Waals surface area contributed by atoms with Gasteiger partial charge in [0.15, 0.2) is 3.79 Å². The summed E-state index contributed by atoms with van der Waals surface area (Å²) in [6, 6.07) is 5.28. The SMILES string of the molecule is Clc1ccc(CCC(Cl)(Cl)Cl)c(Cl)c1. The minimum Gasteiger partial charge on any atom is -0.0843 e. The summed E-state index contributed by atoms with van der Waals surface area (Å²) in [4.78, 5) is 0. The quantitative estimate of drug-likeness (QED) is 0.649. The molecule has 0 atom stereocenters. The molecule has 0 fully saturated rings. The molecule has 0 heterocycles. The fraction of sp³-hybridized carbons (Fsp3) is 0.333. The lowest BCUT2D eigenvalue weighted by Crippen LogP contribution is -2.03. The molecular formula is C9H7Cl5. The van der Waals surface area contributed by atoms with Crippen molar-refractivity contribution in [2.24, 2.45) is 0 Å². The number of benzene rings is 1. The Hall–Kier alpha value is 0.670. The zero-order chi connectivity index (χ0) is 10.8. The van der Waals surface area contributed by atoms with Crippen LogP contribution in [0.4, 0.5) is 0 Å². The average Bonchev–Trinajstić information content (AvgIpc) is 2.00. The molecule has 0 unspecified atom stereocenters. The standard InChI is InChI=1S/C9H7Cl5/c10-7-2-1-6(8(11)5-7)3-4-9(12,13)14/h1-2,5H,3-4H2. The van der Waals surface area contributed by atoms with Crippen molar-refractivity contribution in [2.45, 2.75) is 16.6 Å². The first-order chi connectivity index (χ1) is 6.38. The number of hydrogen-bond acceptors (Lipinski definition) is 0. The number of alkyl halides is 3. The normalized spacial score (nSPS) is 11.8. The lowest BCUT2D eigenvalue weighted by molar-refractivity contribution is 0.852. The molecule has 0 nitrogen and oxygen atoms in total. The fourth-order valence-electron chi connectivity index (χ4n) is 1.00. The molecule has 0 aliphatic heterocycles. The predicted molar refractivity (Wildman–Crippen MR) is 65.1 cm³/mol. The van der Waals surface area contributed by atoms with Crippen molar-refractivity contribution in [2.75, 3.05) is 0 Å². The van der Waals surface area contributed by atoms with Gasteiger partial charge in [0.2, 0.25) is 0 Å². The Bertz CT molecular complexity index is 315. The van der Waals surface area contributed by atoms with Crippen LogP contribution in [0.25, 0.3) is 0 Å². The van der Waals surface area contributed by atoms with Gasteiger partial charge in [0.05, 0.1) is 0 Å². The van der Waals surface area contributed by atoms with Crippen LogP contribution in [0.5, 0.6) is 0 Å². The first-order valence-corrected chi connectivity index (χ1v) is 5.78. The van der Waals surface area contributed by atoms with Crippen molar-refractivity contribution in [3.05, 3.63) is 33.8 Å². The number of aryl methyl sites for hydroxylation is 1. The largest absolute Gasteiger partial charge is 0.190 e. The second kappa shape index (κ2) is 5.14. The van der Waals surface area contributed by atoms with E-state index in [0.717, 1.165) is 5.56 Å². The van der Waals surface area contributed by atoms with E-state index in [1.165, 1.54) is 0 Å². The molecule has 14 heavy (non-hydrogen) atoms. The summed E-state index contributed by atoms with van der Waals surface area (Å²) in [7, 11) is 0. The van der Waals surface area contributed by atoms with E-state index < -0.39 is 3.79 Å². The summed E-state index contributed by atoms with van der Waals surface area (Å²) in [5, 5.41) is 1.21. The van der Waals surface area contributed by atoms with E-state index in [4.69, 9.17) is 58.0 Å². The molecule has 0 spiro atoms. The van der Waals surface area contributed by atoms with Crippen LogP contribution in [0.1, 0.15) is 12.0 Å². The van der Waals surface area contributed by atoms with Crippen molar-refractivity contribution in [3.8, 4) is 0 Å². The summed E-state index contributed by atoms with van der Waals surface area (Å²) in [5.41, 5.74) is 0.933. The van der Waals surface area contributed by atoms with Gasteiger partial charge in [-0.3, -0.25) is 0 Å². The number of rotatable bonds is 2. The van der Waals surface area contributed by atoms with Crippen LogP contribution in [0.3, 0.4) is 0 Å². The maximum atomic E-state index is 5.94. The van der Waals surface area contributed by atoms with Gasteiger partial charge in [0.25, 0.3) is 0 Å². The molecule has 0 saturated heterocycles. The first-order valence-electron chi connectivity index (χ1n) is 3.89. The third-order valence-corrected chi connectivity index (χ3v) is 2.85. The minimum absolute atomic E-state index is 0.430. The van der Waals surface area contributed by atoms with Crippen molar-refractivity contribution in [1.29, 1.82) is 0 Å². The van der Waals surface area contributed by atoms with E-state index in [-0.39, 0.29) is 0 Å². The minimum atomic E-state index is -1.23. The zero-order valence-electron chi connectivity index (χ0n) is 7.04. The van der Waals surface area contributed by atoms with Crippen molar-refractivity contribution in [1.82, 2.24) is 0 Å². The molecule has 0 amide bonds. The lowest BCUT2D eigenvalue weighted by Gasteiger charge is -2.11. The molecule has 0 aliphatic carbocycles. The van der Waals surface area contributed by atoms with Gasteiger partial charge < -0.3 is 0 Å². The molecule has 0 radical (unpaired) electrons. The third-order valence-electron chi connectivity index (χ3n) is 1.69. The Morgan fingerprint density at radius 2 is 1.71 bits per heavy atom. The van der Waals surface area contributed by atoms with Gasteiger partial charge in [-0.15, -0.1) is 0 Å². The Labute approximate surface area is 108 Å². The Morgan fingerprint density at radius 3 is 2.21 bits per heavy atom. The van der Waals surface area contributed by atoms with Crippen LogP contribution < -0.4 is 0 Å². The molecule has 1 aromatic rings. The lowest BCUT2D eigenvalue weighted by atomic mass is 10.1. The van der Waals surface area contributed by atoms with Gasteiger partial charge in [-0.05, 0) is 30.5 Å². The molecule has 1 aromatic carbocycles. The molecule has 0 aliphatic rings. The predicted octanol–water partition coefficient (Wildman–Crippen LogP) is 5.30. The first kappa shape index (κ1) is 12.7. The third kappa shape index (κ3) is 4.46. The van der Waals surface area contributed by atoms with E-state index in [1.54, 1.807) is 12.1 Å². The van der Waals surface area contributed by atoms with Crippen molar-refractivity contribution in [3.63, 3.8) is 0 Å². The Morgan fingerprint density at radius 1 is 1.07 bits per heavy atom. The molecular weight excluding hydrogens is 285 g/mol. The highest BCUT2D eigenvalue weighted by molar-refractivity contribution is 6.67. The smallest absolute Gasteiger partial charge is 0.0843 e. The highest BCUT2D eigenvalue weighted by atomic mass is 35.6. The van der Waals surface area contributed by atoms with Crippen LogP contribution in [0, 0.1) is 0 Å². The van der Waals surface area contributed by atoms with Crippen LogP contribution in [0.2, 0.25) is 10.0 Å². The van der Waals surface area contributed by atoms with Gasteiger partial charge in [-0.25, -0.2) is 0 Å². The van der Waals surface area contributed by atoms with Gasteiger partial charge in [-0.2, -0.15) is 0 Å². The van der Waals surface area contributed by atoms with Crippen LogP contribution in [-0.4, -0.2) is 3.79 Å². The summed E-state index contributed by atoms with van der Waals surface area (Å²) in [6.45, 7) is 0. The zero-order valence-corrected chi connectivity index (χ0v) is 10.8. The van der Waals surface area contributed by atoms with E-state index in [2.05, 4.69) is 0 Å². The number of halogens is 5. The molecule has 78 valence electrons. The monoisotopic (exact) mass is 290 g/mol. The van der Waals surface area contributed by atoms with Crippen molar-refractivity contribution < 1.29 is 0 Å². The summed E-state index contributed by atoms with van der Waals surface area (Å²) >= 11 is 28.6. The fourth-order valence-corrected chi connectivity index (χ4v) is 1.79. The van der Waals surface area contributed by atoms with E-state index in [0.29, 0.717) is 22.9 Å². The maximum Gasteiger partial charge on any atom is 0.190 e. The van der Waals surface area contributed by atoms with Crippen LogP contribution in [0.15, 0.2) is 18.2 Å². The van der Waals surface area contributed by atoms with Crippen LogP contribution in [-0.2, 0) is 6.42 Å². The topological polar surface area (TPSA) is 0 Å². The second-order valence-electron chi connectivity index (χ2n) is 2.85. The van der Waals surface area contributed by atoms with Gasteiger partial charge >= 0.3 is 0 Å². The highest BCUT2D eigenvalue weighted by Gasteiger charge is 2.19. The molecule has 0 N–H and O–H groups in total. The molecule has 1 rings (SSSR count). The molecule has 0 aromatic heterocycles. The summed E-state index contributed by atoms with van der Waals surface area (Å²) in [5.74, 6) is 0. The van der Waals surface area contributed by atoms with E-state index in [9.17, 15) is 0 Å². The van der Waals surface area contributed by atoms with Crippen molar-refractivity contribution >= 4 is 58.0 Å². The number of hydrogen-bond donors (Lipinski definition) is 0. The Kier molecular flexibility index (Phi) is 4.67. The average molecular weight is 292 g/mol. The molecule has 0 bridgehead atoms. The van der Waals surface area contributed by atoms with E-state index in [1.807, 2.05) is 6.07 Å². The Balaban J connectivity index is 2.68. The van der Waals surface area contributed by atoms with Gasteiger partial charge in [0, 0.05) is 10.0 Å². The highest BCUT2D eigenvalue weighted by Crippen LogP contribution is 2.32. The second-order valence-corrected chi connectivity index (χ2v) is 6.21. The van der Waals surface area contributed by atoms with Gasteiger partial charge in [-0.1, -0.05) is 64.1 Å². The summed E-state index contributed by atoms with van der Waals surface area (Å²) in [6.07, 6.45) is 1.05. The summed E-state index contributed by atoms with van der Waals surface area (Å²) < 4.78 is -1.23.